The van der Waals surface area contributed by atoms with E-state index in [1.54, 1.807) is 20.8 Å². The second-order valence-corrected chi connectivity index (χ2v) is 6.67. The first-order chi connectivity index (χ1) is 9.13. The van der Waals surface area contributed by atoms with E-state index in [0.717, 1.165) is 5.56 Å². The number of esters is 1. The van der Waals surface area contributed by atoms with Crippen LogP contribution >= 0.6 is 11.6 Å². The molecule has 0 saturated carbocycles. The molecule has 0 heterocycles. The maximum Gasteiger partial charge on any atom is 0.335 e. The van der Waals surface area contributed by atoms with Gasteiger partial charge in [0.05, 0.1) is 0 Å². The molecule has 0 aliphatic rings. The summed E-state index contributed by atoms with van der Waals surface area (Å²) in [5, 5.41) is 0. The van der Waals surface area contributed by atoms with Gasteiger partial charge in [0.1, 0.15) is 5.60 Å². The lowest BCUT2D eigenvalue weighted by molar-refractivity contribution is -0.159. The highest BCUT2D eigenvalue weighted by Crippen LogP contribution is 2.23. The summed E-state index contributed by atoms with van der Waals surface area (Å²) in [6.45, 7) is 6.63. The Balaban J connectivity index is 2.63. The fourth-order valence-corrected chi connectivity index (χ4v) is 1.76. The van der Waals surface area contributed by atoms with E-state index in [0.29, 0.717) is 6.42 Å². The van der Waals surface area contributed by atoms with Crippen LogP contribution in [0.1, 0.15) is 39.7 Å². The average molecular weight is 297 g/mol. The van der Waals surface area contributed by atoms with Gasteiger partial charge >= 0.3 is 5.97 Å². The lowest BCUT2D eigenvalue weighted by Crippen LogP contribution is -2.43. The number of aryl methyl sites for hydroxylation is 1. The molecule has 20 heavy (non-hydrogen) atoms. The highest BCUT2D eigenvalue weighted by atomic mass is 35.5. The van der Waals surface area contributed by atoms with Crippen molar-refractivity contribution in [2.45, 2.75) is 51.0 Å². The van der Waals surface area contributed by atoms with Crippen molar-refractivity contribution in [3.05, 3.63) is 35.9 Å². The fraction of sp³-hybridized carbons (Fsp3) is 0.500. The first kappa shape index (κ1) is 16.7. The summed E-state index contributed by atoms with van der Waals surface area (Å²) in [6.07, 6.45) is 0.772. The number of halogens is 1. The number of benzene rings is 1. The molecule has 0 aromatic heterocycles. The average Bonchev–Trinajstić information content (AvgIpc) is 2.35. The molecule has 1 aromatic rings. The van der Waals surface area contributed by atoms with Crippen LogP contribution in [-0.2, 0) is 20.7 Å². The van der Waals surface area contributed by atoms with E-state index in [-0.39, 0.29) is 12.2 Å². The maximum absolute atomic E-state index is 12.1. The van der Waals surface area contributed by atoms with E-state index in [9.17, 15) is 9.59 Å². The Hall–Kier alpha value is -1.35. The third kappa shape index (κ3) is 4.97. The zero-order chi connectivity index (χ0) is 15.4. The second kappa shape index (κ2) is 6.40. The molecule has 1 aromatic carbocycles. The topological polar surface area (TPSA) is 43.4 Å². The van der Waals surface area contributed by atoms with E-state index in [4.69, 9.17) is 16.3 Å². The van der Waals surface area contributed by atoms with E-state index < -0.39 is 16.4 Å². The summed E-state index contributed by atoms with van der Waals surface area (Å²) in [4.78, 5) is 22.5. The van der Waals surface area contributed by atoms with Gasteiger partial charge in [-0.1, -0.05) is 41.9 Å². The van der Waals surface area contributed by atoms with Gasteiger partial charge in [-0.3, -0.25) is 4.79 Å². The molecule has 1 atom stereocenters. The minimum absolute atomic E-state index is 0.212. The van der Waals surface area contributed by atoms with Gasteiger partial charge in [-0.2, -0.15) is 0 Å². The predicted molar refractivity (Wildman–Crippen MR) is 79.9 cm³/mol. The minimum atomic E-state index is -1.62. The number of alkyl halides is 1. The Bertz CT molecular complexity index is 472. The van der Waals surface area contributed by atoms with Crippen LogP contribution < -0.4 is 0 Å². The number of hydrogen-bond donors (Lipinski definition) is 0. The first-order valence-corrected chi connectivity index (χ1v) is 7.00. The molecular formula is C16H21ClO3. The first-order valence-electron chi connectivity index (χ1n) is 6.62. The third-order valence-corrected chi connectivity index (χ3v) is 3.15. The summed E-state index contributed by atoms with van der Waals surface area (Å²) in [6, 6.07) is 9.61. The summed E-state index contributed by atoms with van der Waals surface area (Å²) in [5.74, 6) is -1.01. The molecule has 0 fully saturated rings. The Kier molecular flexibility index (Phi) is 5.35. The minimum Gasteiger partial charge on any atom is -0.458 e. The summed E-state index contributed by atoms with van der Waals surface area (Å²) < 4.78 is 5.18. The Morgan fingerprint density at radius 1 is 1.10 bits per heavy atom. The molecule has 110 valence electrons. The number of hydrogen-bond acceptors (Lipinski definition) is 3. The van der Waals surface area contributed by atoms with Crippen LogP contribution in [0.15, 0.2) is 30.3 Å². The number of carbonyl (C=O) groups excluding carboxylic acids is 2. The highest BCUT2D eigenvalue weighted by Gasteiger charge is 2.41. The van der Waals surface area contributed by atoms with Crippen molar-refractivity contribution in [1.82, 2.24) is 0 Å². The smallest absolute Gasteiger partial charge is 0.335 e. The number of ketones is 1. The van der Waals surface area contributed by atoms with Gasteiger partial charge in [0.15, 0.2) is 10.7 Å². The monoisotopic (exact) mass is 296 g/mol. The van der Waals surface area contributed by atoms with Crippen LogP contribution in [0.25, 0.3) is 0 Å². The Labute approximate surface area is 125 Å². The van der Waals surface area contributed by atoms with Crippen molar-refractivity contribution in [3.63, 3.8) is 0 Å². The Morgan fingerprint density at radius 3 is 2.15 bits per heavy atom. The van der Waals surface area contributed by atoms with Crippen LogP contribution in [0.4, 0.5) is 0 Å². The van der Waals surface area contributed by atoms with Gasteiger partial charge in [-0.25, -0.2) is 4.79 Å². The number of Topliss-reactive ketones (excluding diaryl/α,β-unsaturated/α-hetero) is 1. The molecule has 0 spiro atoms. The van der Waals surface area contributed by atoms with Crippen molar-refractivity contribution in [2.75, 3.05) is 0 Å². The van der Waals surface area contributed by atoms with Crippen LogP contribution in [0.2, 0.25) is 0 Å². The van der Waals surface area contributed by atoms with Crippen LogP contribution in [0.3, 0.4) is 0 Å². The SMILES string of the molecule is CC(C)(C)OC(=O)[C@@](C)(Cl)C(=O)CCc1ccccc1. The van der Waals surface area contributed by atoms with Gasteiger partial charge in [-0.15, -0.1) is 0 Å². The molecule has 0 aliphatic carbocycles. The van der Waals surface area contributed by atoms with Crippen molar-refractivity contribution in [2.24, 2.45) is 0 Å². The maximum atomic E-state index is 12.1. The van der Waals surface area contributed by atoms with E-state index in [1.807, 2.05) is 30.3 Å². The lowest BCUT2D eigenvalue weighted by atomic mass is 9.98. The molecule has 3 nitrogen and oxygen atoms in total. The summed E-state index contributed by atoms with van der Waals surface area (Å²) in [5.41, 5.74) is 0.380. The molecule has 0 amide bonds. The van der Waals surface area contributed by atoms with Crippen molar-refractivity contribution in [1.29, 1.82) is 0 Å². The summed E-state index contributed by atoms with van der Waals surface area (Å²) >= 11 is 6.09. The molecule has 0 saturated heterocycles. The fourth-order valence-electron chi connectivity index (χ4n) is 1.63. The van der Waals surface area contributed by atoms with Crippen LogP contribution in [-0.4, -0.2) is 22.2 Å². The van der Waals surface area contributed by atoms with Gasteiger partial charge in [0.25, 0.3) is 0 Å². The van der Waals surface area contributed by atoms with Crippen LogP contribution in [0.5, 0.6) is 0 Å². The Morgan fingerprint density at radius 2 is 1.65 bits per heavy atom. The molecule has 0 N–H and O–H groups in total. The molecule has 0 aliphatic heterocycles. The lowest BCUT2D eigenvalue weighted by Gasteiger charge is -2.26. The zero-order valence-electron chi connectivity index (χ0n) is 12.4. The van der Waals surface area contributed by atoms with Gasteiger partial charge in [-0.05, 0) is 39.7 Å². The van der Waals surface area contributed by atoms with Gasteiger partial charge in [0.2, 0.25) is 0 Å². The van der Waals surface area contributed by atoms with E-state index in [1.165, 1.54) is 6.92 Å². The normalized spacial score (nSPS) is 14.4. The standard InChI is InChI=1S/C16H21ClO3/c1-15(2,3)20-14(19)16(4,17)13(18)11-10-12-8-6-5-7-9-12/h5-9H,10-11H2,1-4H3/t16-/m0/s1. The molecule has 0 unspecified atom stereocenters. The number of carbonyl (C=O) groups is 2. The summed E-state index contributed by atoms with van der Waals surface area (Å²) in [7, 11) is 0. The van der Waals surface area contributed by atoms with Crippen molar-refractivity contribution in [3.8, 4) is 0 Å². The quantitative estimate of drug-likeness (QED) is 0.474. The largest absolute Gasteiger partial charge is 0.458 e. The van der Waals surface area contributed by atoms with Gasteiger partial charge in [0, 0.05) is 6.42 Å². The zero-order valence-corrected chi connectivity index (χ0v) is 13.2. The number of rotatable bonds is 5. The number of ether oxygens (including phenoxy) is 1. The molecule has 0 bridgehead atoms. The molecule has 4 heteroatoms. The predicted octanol–water partition coefficient (Wildman–Crippen LogP) is 3.53. The molecule has 0 radical (unpaired) electrons. The van der Waals surface area contributed by atoms with Gasteiger partial charge < -0.3 is 4.74 Å². The molecular weight excluding hydrogens is 276 g/mol. The molecule has 1 rings (SSSR count). The third-order valence-electron chi connectivity index (χ3n) is 2.79. The highest BCUT2D eigenvalue weighted by molar-refractivity contribution is 6.45. The second-order valence-electron chi connectivity index (χ2n) is 5.91. The van der Waals surface area contributed by atoms with Crippen molar-refractivity contribution >= 4 is 23.4 Å². The van der Waals surface area contributed by atoms with Crippen LogP contribution in [0, 0.1) is 0 Å². The van der Waals surface area contributed by atoms with Crippen molar-refractivity contribution < 1.29 is 14.3 Å². The van der Waals surface area contributed by atoms with E-state index >= 15 is 0 Å². The van der Waals surface area contributed by atoms with E-state index in [2.05, 4.69) is 0 Å².